The minimum atomic E-state index is 1.10. The van der Waals surface area contributed by atoms with Crippen LogP contribution in [-0.2, 0) is 12.8 Å². The maximum absolute atomic E-state index is 4.32. The van der Waals surface area contributed by atoms with Gasteiger partial charge in [0.15, 0.2) is 0 Å². The summed E-state index contributed by atoms with van der Waals surface area (Å²) in [4.78, 5) is 4.72. The summed E-state index contributed by atoms with van der Waals surface area (Å²) >= 11 is 0. The Bertz CT molecular complexity index is 2230. The molecule has 0 aromatic heterocycles. The number of fused-ring (bicyclic) bond motifs is 3. The van der Waals surface area contributed by atoms with Crippen LogP contribution in [0.25, 0.3) is 33.7 Å². The lowest BCUT2D eigenvalue weighted by Crippen LogP contribution is -2.14. The number of hydrogen-bond donors (Lipinski definition) is 0. The van der Waals surface area contributed by atoms with E-state index in [0.717, 1.165) is 29.9 Å². The molecule has 0 atom stereocenters. The largest absolute Gasteiger partial charge is 0.317 e. The molecule has 0 spiro atoms. The maximum atomic E-state index is 4.32. The Kier molecular flexibility index (Phi) is 8.06. The van der Waals surface area contributed by atoms with E-state index in [9.17, 15) is 0 Å². The van der Waals surface area contributed by atoms with Crippen molar-refractivity contribution >= 4 is 62.1 Å². The first-order valence-electron chi connectivity index (χ1n) is 16.9. The van der Waals surface area contributed by atoms with Gasteiger partial charge < -0.3 is 9.80 Å². The average Bonchev–Trinajstić information content (AvgIpc) is 3.16. The van der Waals surface area contributed by atoms with Crippen molar-refractivity contribution in [3.8, 4) is 0 Å². The standard InChI is InChI=1S/C46H38N2/c1-2-47(38-20-8-4-9-21-38)45-41-24-14-15-25-42(41)46(44-33-37-19-13-12-18-36(37)32-43(44)45)48(39-22-10-5-11-23-39)40-30-28-35(29-31-40)27-26-34-16-6-3-7-17-34/h2-11,14-17,20-33H,1,12-13,18-19H2. The van der Waals surface area contributed by atoms with E-state index in [1.165, 1.54) is 68.0 Å². The number of rotatable bonds is 8. The fourth-order valence-electron chi connectivity index (χ4n) is 7.25. The van der Waals surface area contributed by atoms with Crippen LogP contribution in [0.1, 0.15) is 35.1 Å². The summed E-state index contributed by atoms with van der Waals surface area (Å²) in [6.07, 6.45) is 11.0. The molecular formula is C46H38N2. The summed E-state index contributed by atoms with van der Waals surface area (Å²) in [7, 11) is 0. The molecule has 0 saturated heterocycles. The highest BCUT2D eigenvalue weighted by Gasteiger charge is 2.25. The Morgan fingerprint density at radius 1 is 0.438 bits per heavy atom. The summed E-state index contributed by atoms with van der Waals surface area (Å²) in [5, 5.41) is 4.90. The topological polar surface area (TPSA) is 6.48 Å². The summed E-state index contributed by atoms with van der Waals surface area (Å²) in [5.41, 5.74) is 11.0. The predicted octanol–water partition coefficient (Wildman–Crippen LogP) is 12.8. The lowest BCUT2D eigenvalue weighted by molar-refractivity contribution is 0.687. The van der Waals surface area contributed by atoms with E-state index in [0.29, 0.717) is 0 Å². The Balaban J connectivity index is 1.39. The van der Waals surface area contributed by atoms with E-state index in [4.69, 9.17) is 0 Å². The Hall–Kier alpha value is -5.86. The van der Waals surface area contributed by atoms with Gasteiger partial charge in [-0.25, -0.2) is 0 Å². The smallest absolute Gasteiger partial charge is 0.0620 e. The molecule has 0 unspecified atom stereocenters. The van der Waals surface area contributed by atoms with E-state index < -0.39 is 0 Å². The highest BCUT2D eigenvalue weighted by Crippen LogP contribution is 2.50. The van der Waals surface area contributed by atoms with Gasteiger partial charge in [0.05, 0.1) is 11.4 Å². The van der Waals surface area contributed by atoms with Gasteiger partial charge in [-0.1, -0.05) is 122 Å². The summed E-state index contributed by atoms with van der Waals surface area (Å²) in [5.74, 6) is 0. The predicted molar refractivity (Wildman–Crippen MR) is 207 cm³/mol. The molecule has 2 heteroatoms. The van der Waals surface area contributed by atoms with E-state index >= 15 is 0 Å². The normalized spacial score (nSPS) is 12.7. The van der Waals surface area contributed by atoms with E-state index in [2.05, 4.69) is 180 Å². The van der Waals surface area contributed by atoms with Gasteiger partial charge in [0.2, 0.25) is 0 Å². The van der Waals surface area contributed by atoms with Crippen LogP contribution in [0.5, 0.6) is 0 Å². The number of anilines is 5. The van der Waals surface area contributed by atoms with Crippen LogP contribution in [0.3, 0.4) is 0 Å². The third kappa shape index (κ3) is 5.56. The molecule has 232 valence electrons. The zero-order chi connectivity index (χ0) is 32.3. The third-order valence-electron chi connectivity index (χ3n) is 9.54. The number of nitrogens with zero attached hydrogens (tertiary/aromatic N) is 2. The minimum Gasteiger partial charge on any atom is -0.317 e. The molecule has 0 amide bonds. The lowest BCUT2D eigenvalue weighted by Gasteiger charge is -2.32. The van der Waals surface area contributed by atoms with Gasteiger partial charge in [0.1, 0.15) is 0 Å². The fraction of sp³-hybridized carbons (Fsp3) is 0.0870. The van der Waals surface area contributed by atoms with Crippen LogP contribution < -0.4 is 9.80 Å². The van der Waals surface area contributed by atoms with E-state index in [-0.39, 0.29) is 0 Å². The molecule has 0 bridgehead atoms. The zero-order valence-electron chi connectivity index (χ0n) is 27.1. The van der Waals surface area contributed by atoms with Crippen molar-refractivity contribution in [1.82, 2.24) is 0 Å². The SMILES string of the molecule is C=CN(c1ccccc1)c1c2ccccc2c(N(c2ccccc2)c2ccc(C=Cc3ccccc3)cc2)c2cc3c(cc12)CCCC3. The summed E-state index contributed by atoms with van der Waals surface area (Å²) in [6.45, 7) is 4.32. The highest BCUT2D eigenvalue weighted by atomic mass is 15.2. The summed E-state index contributed by atoms with van der Waals surface area (Å²) in [6, 6.07) is 54.7. The molecule has 0 N–H and O–H groups in total. The van der Waals surface area contributed by atoms with E-state index in [1.807, 2.05) is 6.20 Å². The van der Waals surface area contributed by atoms with Crippen LogP contribution in [-0.4, -0.2) is 0 Å². The molecule has 0 fully saturated rings. The van der Waals surface area contributed by atoms with Crippen molar-refractivity contribution in [3.05, 3.63) is 187 Å². The minimum absolute atomic E-state index is 1.10. The molecule has 2 nitrogen and oxygen atoms in total. The van der Waals surface area contributed by atoms with Crippen molar-refractivity contribution in [1.29, 1.82) is 0 Å². The third-order valence-corrected chi connectivity index (χ3v) is 9.54. The number of hydrogen-bond acceptors (Lipinski definition) is 2. The molecule has 7 aromatic carbocycles. The Morgan fingerprint density at radius 2 is 0.896 bits per heavy atom. The fourth-order valence-corrected chi connectivity index (χ4v) is 7.25. The number of para-hydroxylation sites is 2. The Morgan fingerprint density at radius 3 is 1.48 bits per heavy atom. The first kappa shape index (κ1) is 29.5. The molecule has 1 aliphatic carbocycles. The zero-order valence-corrected chi connectivity index (χ0v) is 27.1. The molecule has 7 aromatic rings. The number of aryl methyl sites for hydroxylation is 2. The molecule has 0 saturated carbocycles. The lowest BCUT2D eigenvalue weighted by atomic mass is 9.86. The molecule has 1 aliphatic rings. The van der Waals surface area contributed by atoms with Crippen LogP contribution in [0.15, 0.2) is 164 Å². The van der Waals surface area contributed by atoms with Gasteiger partial charge in [-0.2, -0.15) is 0 Å². The monoisotopic (exact) mass is 618 g/mol. The van der Waals surface area contributed by atoms with Gasteiger partial charge in [-0.3, -0.25) is 0 Å². The van der Waals surface area contributed by atoms with E-state index in [1.54, 1.807) is 0 Å². The second-order valence-corrected chi connectivity index (χ2v) is 12.5. The van der Waals surface area contributed by atoms with Gasteiger partial charge in [-0.15, -0.1) is 0 Å². The van der Waals surface area contributed by atoms with Crippen molar-refractivity contribution in [3.63, 3.8) is 0 Å². The molecule has 0 aliphatic heterocycles. The van der Waals surface area contributed by atoms with Crippen LogP contribution in [0.2, 0.25) is 0 Å². The Labute approximate surface area is 283 Å². The summed E-state index contributed by atoms with van der Waals surface area (Å²) < 4.78 is 0. The number of benzene rings is 7. The maximum Gasteiger partial charge on any atom is 0.0620 e. The molecule has 0 heterocycles. The quantitative estimate of drug-likeness (QED) is 0.0950. The second kappa shape index (κ2) is 13.1. The van der Waals surface area contributed by atoms with Crippen molar-refractivity contribution in [2.24, 2.45) is 0 Å². The van der Waals surface area contributed by atoms with Crippen LogP contribution in [0.4, 0.5) is 28.4 Å². The second-order valence-electron chi connectivity index (χ2n) is 12.5. The first-order valence-corrected chi connectivity index (χ1v) is 16.9. The first-order chi connectivity index (χ1) is 23.8. The van der Waals surface area contributed by atoms with Crippen molar-refractivity contribution in [2.45, 2.75) is 25.7 Å². The van der Waals surface area contributed by atoms with Crippen LogP contribution in [0, 0.1) is 0 Å². The molecule has 48 heavy (non-hydrogen) atoms. The van der Waals surface area contributed by atoms with Crippen molar-refractivity contribution < 1.29 is 0 Å². The highest BCUT2D eigenvalue weighted by molar-refractivity contribution is 6.23. The molecule has 8 rings (SSSR count). The van der Waals surface area contributed by atoms with Crippen LogP contribution >= 0.6 is 0 Å². The van der Waals surface area contributed by atoms with Gasteiger partial charge in [0, 0.05) is 44.8 Å². The average molecular weight is 619 g/mol. The molecular weight excluding hydrogens is 581 g/mol. The van der Waals surface area contributed by atoms with Crippen molar-refractivity contribution in [2.75, 3.05) is 9.80 Å². The van der Waals surface area contributed by atoms with Gasteiger partial charge in [0.25, 0.3) is 0 Å². The van der Waals surface area contributed by atoms with Gasteiger partial charge >= 0.3 is 0 Å². The van der Waals surface area contributed by atoms with Gasteiger partial charge in [-0.05, 0) is 96.5 Å². The molecule has 0 radical (unpaired) electrons.